The van der Waals surface area contributed by atoms with E-state index in [-0.39, 0.29) is 10.8 Å². The highest BCUT2D eigenvalue weighted by Crippen LogP contribution is 2.60. The lowest BCUT2D eigenvalue weighted by Crippen LogP contribution is -2.23. The summed E-state index contributed by atoms with van der Waals surface area (Å²) in [6, 6.07) is 59.4. The van der Waals surface area contributed by atoms with Crippen LogP contribution in [0, 0.1) is 22.7 Å². The topological polar surface area (TPSA) is 0 Å². The van der Waals surface area contributed by atoms with Crippen molar-refractivity contribution in [3.05, 3.63) is 204 Å². The maximum absolute atomic E-state index is 2.57. The quantitative estimate of drug-likeness (QED) is 0.166. The van der Waals surface area contributed by atoms with Crippen molar-refractivity contribution in [1.29, 1.82) is 0 Å². The zero-order chi connectivity index (χ0) is 42.1. The van der Waals surface area contributed by atoms with Crippen LogP contribution >= 0.6 is 0 Å². The highest BCUT2D eigenvalue weighted by molar-refractivity contribution is 6.29. The third-order valence-electron chi connectivity index (χ3n) is 14.2. The van der Waals surface area contributed by atoms with E-state index in [2.05, 4.69) is 224 Å². The first-order chi connectivity index (χ1) is 30.0. The molecule has 0 heteroatoms. The van der Waals surface area contributed by atoms with Crippen molar-refractivity contribution in [2.45, 2.75) is 41.5 Å². The predicted molar refractivity (Wildman–Crippen MR) is 266 cm³/mol. The monoisotopic (exact) mass is 794 g/mol. The molecule has 0 fully saturated rings. The van der Waals surface area contributed by atoms with Gasteiger partial charge in [-0.1, -0.05) is 211 Å². The summed E-state index contributed by atoms with van der Waals surface area (Å²) in [6.45, 7) is 14.1. The van der Waals surface area contributed by atoms with E-state index in [9.17, 15) is 0 Å². The molecule has 8 aromatic rings. The molecule has 0 nitrogen and oxygen atoms in total. The molecule has 2 unspecified atom stereocenters. The van der Waals surface area contributed by atoms with Gasteiger partial charge in [-0.15, -0.1) is 0 Å². The Kier molecular flexibility index (Phi) is 7.99. The molecular weight excluding hydrogens is 745 g/mol. The van der Waals surface area contributed by atoms with Gasteiger partial charge in [0.1, 0.15) is 0 Å². The van der Waals surface area contributed by atoms with Gasteiger partial charge >= 0.3 is 0 Å². The lowest BCUT2D eigenvalue weighted by Gasteiger charge is -2.36. The average molecular weight is 795 g/mol. The summed E-state index contributed by atoms with van der Waals surface area (Å²) in [7, 11) is 0. The summed E-state index contributed by atoms with van der Waals surface area (Å²) in [4.78, 5) is 0. The van der Waals surface area contributed by atoms with Crippen molar-refractivity contribution in [2.75, 3.05) is 0 Å². The third kappa shape index (κ3) is 5.52. The minimum Gasteiger partial charge on any atom is -0.0729 e. The molecule has 0 bridgehead atoms. The second-order valence-corrected chi connectivity index (χ2v) is 20.0. The van der Waals surface area contributed by atoms with E-state index in [1.54, 1.807) is 0 Å². The first kappa shape index (κ1) is 37.0. The van der Waals surface area contributed by atoms with Crippen LogP contribution in [0.3, 0.4) is 0 Å². The van der Waals surface area contributed by atoms with Gasteiger partial charge < -0.3 is 0 Å². The zero-order valence-corrected chi connectivity index (χ0v) is 36.5. The Morgan fingerprint density at radius 2 is 0.839 bits per heavy atom. The number of rotatable bonds is 4. The molecule has 12 rings (SSSR count). The Labute approximate surface area is 366 Å². The smallest absolute Gasteiger partial charge is 0.0200 e. The fourth-order valence-electron chi connectivity index (χ4n) is 11.2. The van der Waals surface area contributed by atoms with Crippen LogP contribution in [-0.2, 0) is 0 Å². The predicted octanol–water partition coefficient (Wildman–Crippen LogP) is 17.3. The van der Waals surface area contributed by atoms with Crippen molar-refractivity contribution < 1.29 is 0 Å². The second-order valence-electron chi connectivity index (χ2n) is 20.0. The molecule has 298 valence electrons. The highest BCUT2D eigenvalue weighted by atomic mass is 14.5. The molecule has 0 aliphatic heterocycles. The van der Waals surface area contributed by atoms with Crippen LogP contribution in [0.1, 0.15) is 52.7 Å². The summed E-state index contributed by atoms with van der Waals surface area (Å²) >= 11 is 0. The molecule has 2 atom stereocenters. The minimum atomic E-state index is 0.0609. The summed E-state index contributed by atoms with van der Waals surface area (Å²) < 4.78 is 0. The van der Waals surface area contributed by atoms with E-state index in [4.69, 9.17) is 0 Å². The fourth-order valence-corrected chi connectivity index (χ4v) is 11.2. The fraction of sp³-hybridized carbons (Fsp3) is 0.161. The van der Waals surface area contributed by atoms with Gasteiger partial charge in [0.05, 0.1) is 0 Å². The maximum Gasteiger partial charge on any atom is 0.0200 e. The van der Waals surface area contributed by atoms with Crippen molar-refractivity contribution >= 4 is 32.7 Å². The van der Waals surface area contributed by atoms with Crippen LogP contribution < -0.4 is 0 Å². The molecule has 0 aromatic heterocycles. The van der Waals surface area contributed by atoms with E-state index in [1.807, 2.05) is 0 Å². The SMILES string of the molecule is CC(C)(C)C1=CC2C=C(C(C)(C)C)C=C3c4cc(-c5ccc6c(-c7ccccc7)c7c(c(-c8ccccc8)c6c5)-c5cccc6c(-c8ccccc8)ccc-7c56)ccc4C(=C1)C32. The van der Waals surface area contributed by atoms with Gasteiger partial charge in [0.2, 0.25) is 0 Å². The highest BCUT2D eigenvalue weighted by Gasteiger charge is 2.42. The second kappa shape index (κ2) is 13.4. The Morgan fingerprint density at radius 3 is 1.45 bits per heavy atom. The summed E-state index contributed by atoms with van der Waals surface area (Å²) in [5.74, 6) is 0.723. The molecule has 0 N–H and O–H groups in total. The van der Waals surface area contributed by atoms with E-state index >= 15 is 0 Å². The minimum absolute atomic E-state index is 0.0609. The largest absolute Gasteiger partial charge is 0.0729 e. The molecule has 0 amide bonds. The first-order valence-electron chi connectivity index (χ1n) is 22.4. The van der Waals surface area contributed by atoms with Crippen molar-refractivity contribution in [3.8, 4) is 66.8 Å². The van der Waals surface area contributed by atoms with Crippen LogP contribution in [0.25, 0.3) is 99.5 Å². The first-order valence-corrected chi connectivity index (χ1v) is 22.4. The third-order valence-corrected chi connectivity index (χ3v) is 14.2. The van der Waals surface area contributed by atoms with Gasteiger partial charge in [-0.05, 0) is 145 Å². The number of fused-ring (bicyclic) bond motifs is 7. The van der Waals surface area contributed by atoms with E-state index in [0.717, 1.165) is 0 Å². The molecule has 0 spiro atoms. The summed E-state index contributed by atoms with van der Waals surface area (Å²) in [6.07, 6.45) is 10.2. The number of hydrogen-bond donors (Lipinski definition) is 0. The molecule has 4 aliphatic rings. The Balaban J connectivity index is 1.12. The van der Waals surface area contributed by atoms with Crippen LogP contribution in [0.2, 0.25) is 0 Å². The average Bonchev–Trinajstić information content (AvgIpc) is 3.79. The van der Waals surface area contributed by atoms with Gasteiger partial charge in [-0.2, -0.15) is 0 Å². The summed E-state index contributed by atoms with van der Waals surface area (Å²) in [5, 5.41) is 5.20. The van der Waals surface area contributed by atoms with Crippen LogP contribution in [0.5, 0.6) is 0 Å². The summed E-state index contributed by atoms with van der Waals surface area (Å²) in [5.41, 5.74) is 24.2. The Morgan fingerprint density at radius 1 is 0.339 bits per heavy atom. The van der Waals surface area contributed by atoms with Gasteiger partial charge in [-0.25, -0.2) is 0 Å². The lowest BCUT2D eigenvalue weighted by atomic mass is 9.68. The molecule has 4 aliphatic carbocycles. The zero-order valence-electron chi connectivity index (χ0n) is 36.5. The number of benzene rings is 8. The maximum atomic E-state index is 2.57. The molecule has 0 radical (unpaired) electrons. The van der Waals surface area contributed by atoms with Gasteiger partial charge in [0, 0.05) is 11.8 Å². The van der Waals surface area contributed by atoms with Gasteiger partial charge in [-0.3, -0.25) is 0 Å². The van der Waals surface area contributed by atoms with Crippen molar-refractivity contribution in [2.24, 2.45) is 22.7 Å². The van der Waals surface area contributed by atoms with E-state index in [1.165, 1.54) is 122 Å². The van der Waals surface area contributed by atoms with E-state index < -0.39 is 0 Å². The molecule has 8 aromatic carbocycles. The molecule has 0 saturated carbocycles. The molecule has 62 heavy (non-hydrogen) atoms. The van der Waals surface area contributed by atoms with Crippen LogP contribution in [-0.4, -0.2) is 0 Å². The number of hydrogen-bond acceptors (Lipinski definition) is 0. The van der Waals surface area contributed by atoms with Crippen molar-refractivity contribution in [3.63, 3.8) is 0 Å². The van der Waals surface area contributed by atoms with E-state index in [0.29, 0.717) is 11.8 Å². The lowest BCUT2D eigenvalue weighted by molar-refractivity contribution is 0.491. The standard InChI is InChI=1S/C62H50/c1-61(2,3)43-31-42-32-44(62(4,5)6)36-54-51-33-40(25-27-46(51)53(35-43)55(42)54)41-26-28-48-52(34-41)57(39-21-14-9-15-22-39)59-49-24-16-23-47-45(37-17-10-7-11-18-37)29-30-50(58(47)49)60(59)56(48)38-19-12-8-13-20-38/h7-36,42,55H,1-6H3. The van der Waals surface area contributed by atoms with Crippen LogP contribution in [0.15, 0.2) is 193 Å². The normalized spacial score (nSPS) is 17.3. The number of allylic oxidation sites excluding steroid dienone is 8. The molecule has 0 heterocycles. The van der Waals surface area contributed by atoms with Crippen molar-refractivity contribution in [1.82, 2.24) is 0 Å². The Bertz CT molecular complexity index is 3320. The molecule has 0 saturated heterocycles. The van der Waals surface area contributed by atoms with Crippen LogP contribution in [0.4, 0.5) is 0 Å². The van der Waals surface area contributed by atoms with Gasteiger partial charge in [0.15, 0.2) is 0 Å². The Hall–Kier alpha value is -6.76. The van der Waals surface area contributed by atoms with Gasteiger partial charge in [0.25, 0.3) is 0 Å². The molecular formula is C62H50.